The number of Topliss-reactive ketones (excluding diaryl/α,β-unsaturated/α-hetero) is 1. The normalized spacial score (nSPS) is 37.9. The molecule has 0 spiro atoms. The van der Waals surface area contributed by atoms with E-state index in [1.54, 1.807) is 13.2 Å². The van der Waals surface area contributed by atoms with Gasteiger partial charge in [-0.3, -0.25) is 14.5 Å². The lowest BCUT2D eigenvalue weighted by atomic mass is 10.1. The van der Waals surface area contributed by atoms with Crippen LogP contribution in [0.5, 0.6) is 0 Å². The number of likely N-dealkylation sites (N-methyl/N-ethyl adjacent to an activating group) is 1. The molecule has 1 heterocycles. The van der Waals surface area contributed by atoms with Crippen LogP contribution >= 0.6 is 0 Å². The third kappa shape index (κ3) is 2.44. The van der Waals surface area contributed by atoms with Crippen molar-refractivity contribution in [1.82, 2.24) is 10.2 Å². The number of carbonyl (C=O) groups excluding carboxylic acids is 2. The van der Waals surface area contributed by atoms with Gasteiger partial charge in [0, 0.05) is 19.6 Å². The Bertz CT molecular complexity index is 409. The van der Waals surface area contributed by atoms with Crippen molar-refractivity contribution < 1.29 is 14.3 Å². The Morgan fingerprint density at radius 1 is 1.53 bits per heavy atom. The van der Waals surface area contributed by atoms with Crippen LogP contribution < -0.4 is 5.32 Å². The van der Waals surface area contributed by atoms with Crippen LogP contribution in [0.2, 0.25) is 0 Å². The van der Waals surface area contributed by atoms with E-state index in [2.05, 4.69) is 11.9 Å². The number of ketones is 1. The monoisotopic (exact) mass is 266 g/mol. The minimum Gasteiger partial charge on any atom is -0.380 e. The summed E-state index contributed by atoms with van der Waals surface area (Å²) in [6, 6.07) is -0.216. The Morgan fingerprint density at radius 3 is 2.63 bits per heavy atom. The molecule has 0 radical (unpaired) electrons. The zero-order valence-electron chi connectivity index (χ0n) is 11.8. The van der Waals surface area contributed by atoms with Gasteiger partial charge in [-0.2, -0.15) is 0 Å². The SMILES string of the molecule is C=CC1CC1(NC(=O)C1CC(OC)CN1C)C(C)=O. The van der Waals surface area contributed by atoms with E-state index in [4.69, 9.17) is 4.74 Å². The highest BCUT2D eigenvalue weighted by Crippen LogP contribution is 2.45. The lowest BCUT2D eigenvalue weighted by molar-refractivity contribution is -0.130. The van der Waals surface area contributed by atoms with Gasteiger partial charge in [0.05, 0.1) is 12.1 Å². The van der Waals surface area contributed by atoms with Gasteiger partial charge in [0.2, 0.25) is 5.91 Å². The number of amides is 1. The van der Waals surface area contributed by atoms with Crippen LogP contribution in [0.1, 0.15) is 19.8 Å². The van der Waals surface area contributed by atoms with E-state index in [0.717, 1.165) is 6.54 Å². The predicted molar refractivity (Wildman–Crippen MR) is 71.7 cm³/mol. The summed E-state index contributed by atoms with van der Waals surface area (Å²) in [5, 5.41) is 2.93. The molecule has 0 aromatic carbocycles. The Balaban J connectivity index is 2.02. The van der Waals surface area contributed by atoms with Gasteiger partial charge in [0.15, 0.2) is 5.78 Å². The van der Waals surface area contributed by atoms with Gasteiger partial charge >= 0.3 is 0 Å². The van der Waals surface area contributed by atoms with Crippen LogP contribution in [-0.2, 0) is 14.3 Å². The molecule has 1 saturated heterocycles. The van der Waals surface area contributed by atoms with Gasteiger partial charge in [-0.1, -0.05) is 6.08 Å². The summed E-state index contributed by atoms with van der Waals surface area (Å²) < 4.78 is 5.29. The Morgan fingerprint density at radius 2 is 2.21 bits per heavy atom. The second-order valence-electron chi connectivity index (χ2n) is 5.61. The molecule has 1 amide bonds. The van der Waals surface area contributed by atoms with Crippen molar-refractivity contribution in [2.45, 2.75) is 37.5 Å². The highest BCUT2D eigenvalue weighted by atomic mass is 16.5. The van der Waals surface area contributed by atoms with Gasteiger partial charge in [-0.05, 0) is 26.8 Å². The number of carbonyl (C=O) groups is 2. The number of ether oxygens (including phenoxy) is 1. The minimum atomic E-state index is -0.704. The van der Waals surface area contributed by atoms with Gasteiger partial charge in [-0.25, -0.2) is 0 Å². The molecule has 0 aromatic rings. The van der Waals surface area contributed by atoms with Crippen molar-refractivity contribution in [3.05, 3.63) is 12.7 Å². The van der Waals surface area contributed by atoms with E-state index in [1.165, 1.54) is 6.92 Å². The van der Waals surface area contributed by atoms with Crippen LogP contribution in [0.15, 0.2) is 12.7 Å². The highest BCUT2D eigenvalue weighted by molar-refractivity contribution is 5.96. The fourth-order valence-corrected chi connectivity index (χ4v) is 2.94. The number of methoxy groups -OCH3 is 1. The van der Waals surface area contributed by atoms with Crippen LogP contribution in [0.3, 0.4) is 0 Å². The second kappa shape index (κ2) is 5.06. The highest BCUT2D eigenvalue weighted by Gasteiger charge is 2.58. The maximum atomic E-state index is 12.3. The maximum Gasteiger partial charge on any atom is 0.238 e. The molecule has 1 saturated carbocycles. The first-order valence-corrected chi connectivity index (χ1v) is 6.63. The summed E-state index contributed by atoms with van der Waals surface area (Å²) in [6.45, 7) is 5.98. The van der Waals surface area contributed by atoms with E-state index in [1.807, 2.05) is 11.9 Å². The average Bonchev–Trinajstić information content (AvgIpc) is 2.95. The molecule has 4 unspecified atom stereocenters. The van der Waals surface area contributed by atoms with Gasteiger partial charge in [0.1, 0.15) is 5.54 Å². The lowest BCUT2D eigenvalue weighted by Crippen LogP contribution is -2.50. The van der Waals surface area contributed by atoms with E-state index in [-0.39, 0.29) is 29.8 Å². The number of likely N-dealkylation sites (tertiary alicyclic amines) is 1. The fraction of sp³-hybridized carbons (Fsp3) is 0.714. The standard InChI is InChI=1S/C14H22N2O3/c1-5-10-7-14(10,9(2)17)15-13(18)12-6-11(19-4)8-16(12)3/h5,10-12H,1,6-8H2,2-4H3,(H,15,18). The molecule has 19 heavy (non-hydrogen) atoms. The second-order valence-corrected chi connectivity index (χ2v) is 5.61. The summed E-state index contributed by atoms with van der Waals surface area (Å²) >= 11 is 0. The van der Waals surface area contributed by atoms with Crippen LogP contribution in [0.25, 0.3) is 0 Å². The minimum absolute atomic E-state index is 0.00897. The third-order valence-electron chi connectivity index (χ3n) is 4.42. The number of nitrogens with one attached hydrogen (secondary N) is 1. The molecule has 2 aliphatic rings. The molecule has 4 atom stereocenters. The zero-order valence-corrected chi connectivity index (χ0v) is 11.8. The van der Waals surface area contributed by atoms with E-state index in [9.17, 15) is 9.59 Å². The first-order valence-electron chi connectivity index (χ1n) is 6.63. The molecule has 1 N–H and O–H groups in total. The fourth-order valence-electron chi connectivity index (χ4n) is 2.94. The molecule has 106 valence electrons. The van der Waals surface area contributed by atoms with Crippen molar-refractivity contribution in [2.75, 3.05) is 20.7 Å². The van der Waals surface area contributed by atoms with Crippen molar-refractivity contribution in [2.24, 2.45) is 5.92 Å². The molecular weight excluding hydrogens is 244 g/mol. The van der Waals surface area contributed by atoms with Gasteiger partial charge in [0.25, 0.3) is 0 Å². The van der Waals surface area contributed by atoms with Gasteiger partial charge < -0.3 is 10.1 Å². The summed E-state index contributed by atoms with van der Waals surface area (Å²) in [5.41, 5.74) is -0.704. The van der Waals surface area contributed by atoms with E-state index in [0.29, 0.717) is 12.8 Å². The predicted octanol–water partition coefficient (Wildman–Crippen LogP) is 0.355. The topological polar surface area (TPSA) is 58.6 Å². The maximum absolute atomic E-state index is 12.3. The molecule has 1 aliphatic carbocycles. The first kappa shape index (κ1) is 14.2. The molecule has 2 rings (SSSR count). The van der Waals surface area contributed by atoms with Crippen molar-refractivity contribution in [3.8, 4) is 0 Å². The first-order chi connectivity index (χ1) is 8.94. The Hall–Kier alpha value is -1.20. The molecule has 0 aromatic heterocycles. The Kier molecular flexibility index (Phi) is 3.78. The quantitative estimate of drug-likeness (QED) is 0.730. The largest absolute Gasteiger partial charge is 0.380 e. The summed E-state index contributed by atoms with van der Waals surface area (Å²) in [7, 11) is 3.56. The van der Waals surface area contributed by atoms with Crippen LogP contribution in [-0.4, -0.2) is 55.0 Å². The number of hydrogen-bond acceptors (Lipinski definition) is 4. The molecule has 5 nitrogen and oxygen atoms in total. The van der Waals surface area contributed by atoms with Crippen LogP contribution in [0.4, 0.5) is 0 Å². The van der Waals surface area contributed by atoms with E-state index < -0.39 is 5.54 Å². The summed E-state index contributed by atoms with van der Waals surface area (Å²) in [4.78, 5) is 26.1. The Labute approximate surface area is 114 Å². The van der Waals surface area contributed by atoms with Crippen molar-refractivity contribution in [1.29, 1.82) is 0 Å². The van der Waals surface area contributed by atoms with Gasteiger partial charge in [-0.15, -0.1) is 6.58 Å². The number of nitrogens with zero attached hydrogens (tertiary/aromatic N) is 1. The average molecular weight is 266 g/mol. The molecule has 1 aliphatic heterocycles. The summed E-state index contributed by atoms with van der Waals surface area (Å²) in [5.74, 6) is -0.00447. The number of hydrogen-bond donors (Lipinski definition) is 1. The van der Waals surface area contributed by atoms with Crippen LogP contribution in [0, 0.1) is 5.92 Å². The zero-order chi connectivity index (χ0) is 14.2. The lowest BCUT2D eigenvalue weighted by Gasteiger charge is -2.22. The third-order valence-corrected chi connectivity index (χ3v) is 4.42. The molecule has 0 bridgehead atoms. The molecular formula is C14H22N2O3. The van der Waals surface area contributed by atoms with E-state index >= 15 is 0 Å². The summed E-state index contributed by atoms with van der Waals surface area (Å²) in [6.07, 6.45) is 3.18. The van der Waals surface area contributed by atoms with Crippen molar-refractivity contribution in [3.63, 3.8) is 0 Å². The molecule has 5 heteroatoms. The van der Waals surface area contributed by atoms with Crippen molar-refractivity contribution >= 4 is 11.7 Å². The smallest absolute Gasteiger partial charge is 0.238 e. The number of rotatable bonds is 5. The molecule has 2 fully saturated rings.